The van der Waals surface area contributed by atoms with Crippen LogP contribution in [0.25, 0.3) is 0 Å². The summed E-state index contributed by atoms with van der Waals surface area (Å²) in [7, 11) is 0. The van der Waals surface area contributed by atoms with Crippen molar-refractivity contribution in [3.05, 3.63) is 0 Å². The summed E-state index contributed by atoms with van der Waals surface area (Å²) in [4.78, 5) is -0.238. The van der Waals surface area contributed by atoms with Gasteiger partial charge >= 0.3 is 0 Å². The van der Waals surface area contributed by atoms with Crippen LogP contribution in [0.3, 0.4) is 0 Å². The fourth-order valence-corrected chi connectivity index (χ4v) is 2.36. The first kappa shape index (κ1) is 13.9. The van der Waals surface area contributed by atoms with Crippen LogP contribution in [0.15, 0.2) is 0 Å². The summed E-state index contributed by atoms with van der Waals surface area (Å²) < 4.78 is 11.2. The average molecular weight is 348 g/mol. The van der Waals surface area contributed by atoms with E-state index in [2.05, 4.69) is 31.9 Å². The number of ether oxygens (including phenoxy) is 2. The third kappa shape index (κ3) is 3.38. The van der Waals surface area contributed by atoms with Crippen LogP contribution in [-0.4, -0.2) is 51.1 Å². The minimum absolute atomic E-state index is 0.0599. The van der Waals surface area contributed by atoms with Crippen molar-refractivity contribution in [2.75, 3.05) is 11.9 Å². The first-order chi connectivity index (χ1) is 6.91. The number of aliphatic hydroxyl groups excluding tert-OH is 2. The van der Waals surface area contributed by atoms with E-state index in [0.717, 1.165) is 0 Å². The molecule has 0 saturated carbocycles. The average Bonchev–Trinajstić information content (AvgIpc) is 2.52. The van der Waals surface area contributed by atoms with E-state index in [0.29, 0.717) is 5.33 Å². The molecule has 1 fully saturated rings. The highest BCUT2D eigenvalue weighted by Gasteiger charge is 2.47. The number of hydrogen-bond acceptors (Lipinski definition) is 4. The van der Waals surface area contributed by atoms with Gasteiger partial charge in [0.1, 0.15) is 12.2 Å². The molecule has 4 atom stereocenters. The van der Waals surface area contributed by atoms with Crippen LogP contribution in [0, 0.1) is 0 Å². The number of hydrogen-bond donors (Lipinski definition) is 2. The van der Waals surface area contributed by atoms with E-state index < -0.39 is 18.0 Å². The van der Waals surface area contributed by atoms with Gasteiger partial charge in [-0.2, -0.15) is 0 Å². The Morgan fingerprint density at radius 1 is 1.33 bits per heavy atom. The lowest BCUT2D eigenvalue weighted by molar-refractivity contribution is -0.154. The molecule has 6 heteroatoms. The molecular weight excluding hydrogens is 332 g/mol. The Morgan fingerprint density at radius 3 is 2.33 bits per heavy atom. The van der Waals surface area contributed by atoms with Crippen LogP contribution in [0.5, 0.6) is 0 Å². The van der Waals surface area contributed by atoms with Crippen LogP contribution < -0.4 is 0 Å². The maximum Gasteiger partial charge on any atom is 0.163 e. The molecule has 0 aromatic carbocycles. The summed E-state index contributed by atoms with van der Waals surface area (Å²) in [6, 6.07) is 0. The van der Waals surface area contributed by atoms with E-state index >= 15 is 0 Å². The molecule has 1 heterocycles. The molecule has 0 aromatic heterocycles. The Morgan fingerprint density at radius 2 is 1.87 bits per heavy atom. The lowest BCUT2D eigenvalue weighted by Gasteiger charge is -2.23. The molecule has 0 aliphatic carbocycles. The van der Waals surface area contributed by atoms with Gasteiger partial charge in [0.05, 0.1) is 17.5 Å². The summed E-state index contributed by atoms with van der Waals surface area (Å²) in [5, 5.41) is 19.2. The molecule has 0 radical (unpaired) electrons. The van der Waals surface area contributed by atoms with Gasteiger partial charge in [-0.05, 0) is 13.8 Å². The number of halogens is 2. The van der Waals surface area contributed by atoms with Crippen molar-refractivity contribution in [3.8, 4) is 0 Å². The van der Waals surface area contributed by atoms with Crippen LogP contribution in [0.2, 0.25) is 0 Å². The predicted molar refractivity (Wildman–Crippen MR) is 63.4 cm³/mol. The Hall–Kier alpha value is 0.800. The lowest BCUT2D eigenvalue weighted by atomic mass is 10.1. The number of alkyl halides is 2. The quantitative estimate of drug-likeness (QED) is 0.745. The van der Waals surface area contributed by atoms with Gasteiger partial charge in [-0.1, -0.05) is 31.9 Å². The smallest absolute Gasteiger partial charge is 0.163 e. The van der Waals surface area contributed by atoms with E-state index in [9.17, 15) is 5.11 Å². The first-order valence-corrected chi connectivity index (χ1v) is 6.79. The van der Waals surface area contributed by atoms with Crippen LogP contribution in [0.4, 0.5) is 0 Å². The fraction of sp³-hybridized carbons (Fsp3) is 1.00. The van der Waals surface area contributed by atoms with Gasteiger partial charge in [0.25, 0.3) is 0 Å². The molecule has 4 nitrogen and oxygen atoms in total. The van der Waals surface area contributed by atoms with Gasteiger partial charge in [0.15, 0.2) is 5.79 Å². The second kappa shape index (κ2) is 5.42. The molecule has 2 N–H and O–H groups in total. The van der Waals surface area contributed by atoms with Crippen molar-refractivity contribution in [3.63, 3.8) is 0 Å². The summed E-state index contributed by atoms with van der Waals surface area (Å²) in [5.74, 6) is -0.723. The fourth-order valence-electron chi connectivity index (χ4n) is 1.59. The van der Waals surface area contributed by atoms with E-state index in [4.69, 9.17) is 14.6 Å². The van der Waals surface area contributed by atoms with E-state index in [1.165, 1.54) is 0 Å². The molecule has 1 rings (SSSR count). The Bertz CT molecular complexity index is 192. The predicted octanol–water partition coefficient (Wildman–Crippen LogP) is 1.02. The van der Waals surface area contributed by atoms with Crippen molar-refractivity contribution in [1.29, 1.82) is 0 Å². The molecule has 15 heavy (non-hydrogen) atoms. The second-order valence-electron chi connectivity index (χ2n) is 3.98. The Labute approximate surface area is 106 Å². The highest BCUT2D eigenvalue weighted by Crippen LogP contribution is 2.34. The topological polar surface area (TPSA) is 58.9 Å². The van der Waals surface area contributed by atoms with Crippen LogP contribution in [-0.2, 0) is 9.47 Å². The van der Waals surface area contributed by atoms with Gasteiger partial charge in [0.2, 0.25) is 0 Å². The Balaban J connectivity index is 2.74. The second-order valence-corrected chi connectivity index (χ2v) is 5.81. The zero-order valence-corrected chi connectivity index (χ0v) is 11.9. The summed E-state index contributed by atoms with van der Waals surface area (Å²) in [5.41, 5.74) is 0. The monoisotopic (exact) mass is 346 g/mol. The summed E-state index contributed by atoms with van der Waals surface area (Å²) >= 11 is 6.51. The van der Waals surface area contributed by atoms with E-state index in [1.807, 2.05) is 0 Å². The third-order valence-corrected chi connectivity index (χ3v) is 3.71. The van der Waals surface area contributed by atoms with Gasteiger partial charge in [0, 0.05) is 5.33 Å². The highest BCUT2D eigenvalue weighted by atomic mass is 79.9. The summed E-state index contributed by atoms with van der Waals surface area (Å²) in [6.07, 6.45) is -1.43. The molecule has 0 amide bonds. The lowest BCUT2D eigenvalue weighted by Crippen LogP contribution is -2.42. The molecule has 0 spiro atoms. The van der Waals surface area contributed by atoms with Crippen molar-refractivity contribution < 1.29 is 19.7 Å². The summed E-state index contributed by atoms with van der Waals surface area (Å²) in [6.45, 7) is 3.52. The molecule has 1 aliphatic rings. The van der Waals surface area contributed by atoms with E-state index in [-0.39, 0.29) is 17.5 Å². The molecule has 1 saturated heterocycles. The maximum atomic E-state index is 9.75. The van der Waals surface area contributed by atoms with Gasteiger partial charge in [-0.3, -0.25) is 0 Å². The largest absolute Gasteiger partial charge is 0.395 e. The Kier molecular flexibility index (Phi) is 5.01. The third-order valence-electron chi connectivity index (χ3n) is 2.23. The van der Waals surface area contributed by atoms with E-state index in [1.54, 1.807) is 13.8 Å². The van der Waals surface area contributed by atoms with Crippen molar-refractivity contribution in [2.24, 2.45) is 0 Å². The van der Waals surface area contributed by atoms with Gasteiger partial charge < -0.3 is 19.7 Å². The van der Waals surface area contributed by atoms with Gasteiger partial charge in [-0.15, -0.1) is 0 Å². The molecule has 0 aromatic rings. The standard InChI is InChI=1S/C9H16Br2O4/c1-9(2)14-7(5(11)4-12)8(15-9)6(13)3-10/h5-8,12-13H,3-4H2,1-2H3/t5-,6+,7+,8+/m0/s1. The molecule has 90 valence electrons. The number of aliphatic hydroxyl groups is 2. The molecule has 0 unspecified atom stereocenters. The zero-order valence-electron chi connectivity index (χ0n) is 8.69. The van der Waals surface area contributed by atoms with Crippen molar-refractivity contribution in [1.82, 2.24) is 0 Å². The number of rotatable bonds is 4. The van der Waals surface area contributed by atoms with Crippen molar-refractivity contribution in [2.45, 2.75) is 42.8 Å². The maximum absolute atomic E-state index is 9.75. The minimum atomic E-state index is -0.723. The first-order valence-electron chi connectivity index (χ1n) is 4.76. The normalized spacial score (nSPS) is 34.0. The molecule has 0 bridgehead atoms. The highest BCUT2D eigenvalue weighted by molar-refractivity contribution is 9.09. The SMILES string of the molecule is CC1(C)O[C@H]([C@H](O)CBr)[C@@H]([C@@H](Br)CO)O1. The van der Waals surface area contributed by atoms with Gasteiger partial charge in [-0.25, -0.2) is 0 Å². The molecule has 1 aliphatic heterocycles. The zero-order chi connectivity index (χ0) is 11.6. The van der Waals surface area contributed by atoms with Crippen molar-refractivity contribution >= 4 is 31.9 Å². The van der Waals surface area contributed by atoms with Crippen LogP contribution >= 0.6 is 31.9 Å². The molecular formula is C9H16Br2O4. The minimum Gasteiger partial charge on any atom is -0.395 e. The van der Waals surface area contributed by atoms with Crippen LogP contribution in [0.1, 0.15) is 13.8 Å².